The first-order valence-corrected chi connectivity index (χ1v) is 4.97. The fourth-order valence-electron chi connectivity index (χ4n) is 1.35. The van der Waals surface area contributed by atoms with E-state index in [-0.39, 0.29) is 11.5 Å². The van der Waals surface area contributed by atoms with Crippen molar-refractivity contribution in [2.24, 2.45) is 0 Å². The Morgan fingerprint density at radius 2 is 1.72 bits per heavy atom. The zero-order chi connectivity index (χ0) is 13.3. The zero-order valence-electron chi connectivity index (χ0n) is 9.34. The summed E-state index contributed by atoms with van der Waals surface area (Å²) in [6, 6.07) is 1.66. The molecule has 0 fully saturated rings. The van der Waals surface area contributed by atoms with Crippen LogP contribution in [-0.4, -0.2) is 9.97 Å². The van der Waals surface area contributed by atoms with Gasteiger partial charge in [-0.25, -0.2) is 23.1 Å². The zero-order valence-corrected chi connectivity index (χ0v) is 9.34. The highest BCUT2D eigenvalue weighted by Gasteiger charge is 2.12. The quantitative estimate of drug-likeness (QED) is 0.808. The number of nitrogens with two attached hydrogens (primary N) is 1. The number of nitrogens with zero attached hydrogens (tertiary/aromatic N) is 2. The molecule has 0 saturated heterocycles. The van der Waals surface area contributed by atoms with Gasteiger partial charge in [0.05, 0.1) is 0 Å². The second kappa shape index (κ2) is 4.52. The van der Waals surface area contributed by atoms with Crippen LogP contribution in [0, 0.1) is 24.4 Å². The number of anilines is 3. The van der Waals surface area contributed by atoms with Crippen molar-refractivity contribution in [2.45, 2.75) is 6.92 Å². The van der Waals surface area contributed by atoms with Gasteiger partial charge in [0.1, 0.15) is 18.0 Å². The van der Waals surface area contributed by atoms with Gasteiger partial charge >= 0.3 is 0 Å². The van der Waals surface area contributed by atoms with Crippen molar-refractivity contribution in [3.8, 4) is 0 Å². The van der Waals surface area contributed by atoms with E-state index in [1.807, 2.05) is 0 Å². The van der Waals surface area contributed by atoms with E-state index in [2.05, 4.69) is 15.3 Å². The van der Waals surface area contributed by atoms with Crippen molar-refractivity contribution in [1.29, 1.82) is 0 Å². The van der Waals surface area contributed by atoms with E-state index in [0.717, 1.165) is 12.1 Å². The molecule has 18 heavy (non-hydrogen) atoms. The summed E-state index contributed by atoms with van der Waals surface area (Å²) in [6.45, 7) is 1.65. The van der Waals surface area contributed by atoms with Crippen LogP contribution in [0.1, 0.15) is 5.56 Å². The van der Waals surface area contributed by atoms with E-state index in [0.29, 0.717) is 11.4 Å². The van der Waals surface area contributed by atoms with E-state index in [4.69, 9.17) is 5.73 Å². The topological polar surface area (TPSA) is 63.8 Å². The average molecular weight is 254 g/mol. The van der Waals surface area contributed by atoms with Crippen molar-refractivity contribution >= 4 is 17.3 Å². The van der Waals surface area contributed by atoms with Crippen LogP contribution in [0.15, 0.2) is 18.5 Å². The van der Waals surface area contributed by atoms with Crippen LogP contribution in [-0.2, 0) is 0 Å². The molecule has 2 rings (SSSR count). The van der Waals surface area contributed by atoms with Crippen LogP contribution in [0.3, 0.4) is 0 Å². The maximum absolute atomic E-state index is 13.0. The first-order chi connectivity index (χ1) is 8.49. The van der Waals surface area contributed by atoms with Crippen LogP contribution in [0.4, 0.5) is 30.5 Å². The van der Waals surface area contributed by atoms with Gasteiger partial charge in [0.2, 0.25) is 0 Å². The maximum Gasteiger partial charge on any atom is 0.194 e. The lowest BCUT2D eigenvalue weighted by Crippen LogP contribution is -2.03. The smallest absolute Gasteiger partial charge is 0.194 e. The lowest BCUT2D eigenvalue weighted by Gasteiger charge is -2.09. The van der Waals surface area contributed by atoms with Gasteiger partial charge in [-0.1, -0.05) is 0 Å². The summed E-state index contributed by atoms with van der Waals surface area (Å²) >= 11 is 0. The molecule has 0 aliphatic rings. The number of halogens is 3. The molecule has 0 amide bonds. The third-order valence-electron chi connectivity index (χ3n) is 2.37. The molecule has 4 nitrogen and oxygen atoms in total. The molecule has 0 atom stereocenters. The summed E-state index contributed by atoms with van der Waals surface area (Å²) in [5.41, 5.74) is 6.12. The summed E-state index contributed by atoms with van der Waals surface area (Å²) < 4.78 is 38.8. The SMILES string of the molecule is Cc1c(N)ncnc1Nc1cc(F)c(F)c(F)c1. The molecule has 3 N–H and O–H groups in total. The van der Waals surface area contributed by atoms with E-state index in [1.165, 1.54) is 6.33 Å². The monoisotopic (exact) mass is 254 g/mol. The van der Waals surface area contributed by atoms with E-state index in [1.54, 1.807) is 6.92 Å². The Bertz CT molecular complexity index is 578. The van der Waals surface area contributed by atoms with Gasteiger partial charge in [-0.05, 0) is 6.92 Å². The van der Waals surface area contributed by atoms with Gasteiger partial charge in [-0.2, -0.15) is 0 Å². The van der Waals surface area contributed by atoms with E-state index < -0.39 is 17.5 Å². The Labute approximate surface area is 101 Å². The third-order valence-corrected chi connectivity index (χ3v) is 2.37. The Hall–Kier alpha value is -2.31. The minimum Gasteiger partial charge on any atom is -0.383 e. The molecule has 1 heterocycles. The highest BCUT2D eigenvalue weighted by atomic mass is 19.2. The molecule has 1 aromatic heterocycles. The molecule has 0 radical (unpaired) electrons. The lowest BCUT2D eigenvalue weighted by atomic mass is 10.2. The Balaban J connectivity index is 2.37. The van der Waals surface area contributed by atoms with Crippen molar-refractivity contribution in [3.05, 3.63) is 41.5 Å². The normalized spacial score (nSPS) is 10.4. The minimum absolute atomic E-state index is 0.0348. The van der Waals surface area contributed by atoms with Crippen LogP contribution in [0.2, 0.25) is 0 Å². The number of hydrogen-bond donors (Lipinski definition) is 2. The average Bonchev–Trinajstić information content (AvgIpc) is 2.32. The molecule has 0 aliphatic carbocycles. The van der Waals surface area contributed by atoms with Crippen molar-refractivity contribution < 1.29 is 13.2 Å². The minimum atomic E-state index is -1.51. The van der Waals surface area contributed by atoms with Crippen molar-refractivity contribution in [2.75, 3.05) is 11.1 Å². The molecule has 0 bridgehead atoms. The second-order valence-electron chi connectivity index (χ2n) is 3.61. The number of nitrogens with one attached hydrogen (secondary N) is 1. The van der Waals surface area contributed by atoms with Gasteiger partial charge in [-0.3, -0.25) is 0 Å². The lowest BCUT2D eigenvalue weighted by molar-refractivity contribution is 0.448. The van der Waals surface area contributed by atoms with E-state index >= 15 is 0 Å². The van der Waals surface area contributed by atoms with Crippen LogP contribution in [0.5, 0.6) is 0 Å². The number of hydrogen-bond acceptors (Lipinski definition) is 4. The predicted octanol–water partition coefficient (Wildman–Crippen LogP) is 2.53. The molecule has 94 valence electrons. The van der Waals surface area contributed by atoms with E-state index in [9.17, 15) is 13.2 Å². The van der Waals surface area contributed by atoms with Crippen LogP contribution < -0.4 is 11.1 Å². The Kier molecular flexibility index (Phi) is 3.05. The molecule has 1 aromatic carbocycles. The standard InChI is InChI=1S/C11H9F3N4/c1-5-10(15)16-4-17-11(5)18-6-2-7(12)9(14)8(13)3-6/h2-4H,1H3,(H3,15,16,17,18). The van der Waals surface area contributed by atoms with Gasteiger partial charge in [-0.15, -0.1) is 0 Å². The van der Waals surface area contributed by atoms with Gasteiger partial charge in [0.15, 0.2) is 17.5 Å². The number of aromatic nitrogens is 2. The van der Waals surface area contributed by atoms with Crippen molar-refractivity contribution in [1.82, 2.24) is 9.97 Å². The molecular weight excluding hydrogens is 245 g/mol. The predicted molar refractivity (Wildman–Crippen MR) is 60.8 cm³/mol. The van der Waals surface area contributed by atoms with Crippen molar-refractivity contribution in [3.63, 3.8) is 0 Å². The fraction of sp³-hybridized carbons (Fsp3) is 0.0909. The highest BCUT2D eigenvalue weighted by molar-refractivity contribution is 5.63. The molecule has 0 spiro atoms. The van der Waals surface area contributed by atoms with Crippen LogP contribution >= 0.6 is 0 Å². The maximum atomic E-state index is 13.0. The molecular formula is C11H9F3N4. The number of nitrogen functional groups attached to an aromatic ring is 1. The van der Waals surface area contributed by atoms with Gasteiger partial charge in [0.25, 0.3) is 0 Å². The summed E-state index contributed by atoms with van der Waals surface area (Å²) in [6.07, 6.45) is 1.21. The summed E-state index contributed by atoms with van der Waals surface area (Å²) in [7, 11) is 0. The summed E-state index contributed by atoms with van der Waals surface area (Å²) in [5.74, 6) is -3.53. The molecule has 0 saturated carbocycles. The molecule has 0 unspecified atom stereocenters. The largest absolute Gasteiger partial charge is 0.383 e. The third kappa shape index (κ3) is 2.20. The highest BCUT2D eigenvalue weighted by Crippen LogP contribution is 2.23. The number of benzene rings is 1. The molecule has 2 aromatic rings. The summed E-state index contributed by atoms with van der Waals surface area (Å²) in [4.78, 5) is 7.62. The first-order valence-electron chi connectivity index (χ1n) is 4.97. The second-order valence-corrected chi connectivity index (χ2v) is 3.61. The first kappa shape index (κ1) is 12.2. The number of rotatable bonds is 2. The molecule has 0 aliphatic heterocycles. The van der Waals surface area contributed by atoms with Gasteiger partial charge in [0, 0.05) is 23.4 Å². The Morgan fingerprint density at radius 3 is 2.33 bits per heavy atom. The fourth-order valence-corrected chi connectivity index (χ4v) is 1.35. The van der Waals surface area contributed by atoms with Gasteiger partial charge < -0.3 is 11.1 Å². The van der Waals surface area contributed by atoms with Crippen LogP contribution in [0.25, 0.3) is 0 Å². The molecule has 7 heteroatoms. The Morgan fingerprint density at radius 1 is 1.11 bits per heavy atom. The summed E-state index contributed by atoms with van der Waals surface area (Å²) in [5, 5.41) is 2.64.